The van der Waals surface area contributed by atoms with Gasteiger partial charge in [-0.25, -0.2) is 14.6 Å². The topological polar surface area (TPSA) is 59.4 Å². The van der Waals surface area contributed by atoms with E-state index in [-0.39, 0.29) is 6.04 Å². The van der Waals surface area contributed by atoms with E-state index in [0.717, 1.165) is 16.9 Å². The molecule has 1 unspecified atom stereocenters. The van der Waals surface area contributed by atoms with E-state index in [2.05, 4.69) is 20.1 Å². The van der Waals surface area contributed by atoms with Gasteiger partial charge in [0.05, 0.1) is 11.0 Å². The van der Waals surface area contributed by atoms with Gasteiger partial charge in [0.25, 0.3) is 0 Å². The largest absolute Gasteiger partial charge is 0.340 e. The molecule has 5 nitrogen and oxygen atoms in total. The van der Waals surface area contributed by atoms with Crippen LogP contribution in [0.2, 0.25) is 0 Å². The van der Waals surface area contributed by atoms with Gasteiger partial charge >= 0.3 is 0 Å². The summed E-state index contributed by atoms with van der Waals surface area (Å²) in [6, 6.07) is 8.04. The molecule has 16 heavy (non-hydrogen) atoms. The molecule has 0 saturated carbocycles. The van der Waals surface area contributed by atoms with E-state index in [1.54, 1.807) is 11.0 Å². The van der Waals surface area contributed by atoms with Crippen molar-refractivity contribution >= 4 is 11.0 Å². The van der Waals surface area contributed by atoms with Crippen molar-refractivity contribution in [2.45, 2.75) is 13.0 Å². The van der Waals surface area contributed by atoms with Crippen molar-refractivity contribution in [2.75, 3.05) is 0 Å². The van der Waals surface area contributed by atoms with Crippen molar-refractivity contribution in [1.29, 1.82) is 0 Å². The standard InChI is InChI=1S/C11H11N5/c1-8(16-7-12-6-13-16)11-14-9-4-2-3-5-10(9)15-11/h2-8H,1H3,(H,14,15). The maximum atomic E-state index is 4.52. The van der Waals surface area contributed by atoms with Crippen LogP contribution in [0.15, 0.2) is 36.9 Å². The SMILES string of the molecule is CC(c1nc2ccccc2[nH]1)n1cncn1. The average Bonchev–Trinajstić information content (AvgIpc) is 2.97. The maximum Gasteiger partial charge on any atom is 0.137 e. The Kier molecular flexibility index (Phi) is 1.96. The monoisotopic (exact) mass is 213 g/mol. The maximum absolute atomic E-state index is 4.52. The Balaban J connectivity index is 2.06. The Morgan fingerprint density at radius 2 is 2.19 bits per heavy atom. The van der Waals surface area contributed by atoms with E-state index in [1.165, 1.54) is 6.33 Å². The molecule has 0 radical (unpaired) electrons. The lowest BCUT2D eigenvalue weighted by Gasteiger charge is -2.06. The lowest BCUT2D eigenvalue weighted by molar-refractivity contribution is 0.541. The summed E-state index contributed by atoms with van der Waals surface area (Å²) in [7, 11) is 0. The smallest absolute Gasteiger partial charge is 0.137 e. The van der Waals surface area contributed by atoms with Crippen molar-refractivity contribution in [1.82, 2.24) is 24.7 Å². The quantitative estimate of drug-likeness (QED) is 0.705. The van der Waals surface area contributed by atoms with Gasteiger partial charge in [-0.1, -0.05) is 12.1 Å². The third kappa shape index (κ3) is 1.37. The summed E-state index contributed by atoms with van der Waals surface area (Å²) in [5.41, 5.74) is 2.02. The van der Waals surface area contributed by atoms with Gasteiger partial charge in [-0.15, -0.1) is 0 Å². The molecule has 0 aliphatic heterocycles. The third-order valence-corrected chi connectivity index (χ3v) is 2.64. The van der Waals surface area contributed by atoms with Gasteiger partial charge in [0, 0.05) is 0 Å². The molecule has 80 valence electrons. The molecular weight excluding hydrogens is 202 g/mol. The number of hydrogen-bond acceptors (Lipinski definition) is 3. The Morgan fingerprint density at radius 3 is 2.94 bits per heavy atom. The Morgan fingerprint density at radius 1 is 1.31 bits per heavy atom. The van der Waals surface area contributed by atoms with Crippen LogP contribution in [0.1, 0.15) is 18.8 Å². The first-order chi connectivity index (χ1) is 7.84. The van der Waals surface area contributed by atoms with Crippen LogP contribution in [-0.4, -0.2) is 24.7 Å². The third-order valence-electron chi connectivity index (χ3n) is 2.64. The molecule has 0 aliphatic rings. The Bertz CT molecular complexity index is 563. The van der Waals surface area contributed by atoms with E-state index >= 15 is 0 Å². The van der Waals surface area contributed by atoms with Crippen molar-refractivity contribution in [3.63, 3.8) is 0 Å². The first-order valence-electron chi connectivity index (χ1n) is 5.13. The summed E-state index contributed by atoms with van der Waals surface area (Å²) < 4.78 is 1.78. The highest BCUT2D eigenvalue weighted by Crippen LogP contribution is 2.17. The number of aromatic nitrogens is 5. The van der Waals surface area contributed by atoms with Crippen LogP contribution in [0.5, 0.6) is 0 Å². The molecule has 0 aliphatic carbocycles. The second kappa shape index (κ2) is 3.44. The fraction of sp³-hybridized carbons (Fsp3) is 0.182. The van der Waals surface area contributed by atoms with E-state index in [0.29, 0.717) is 0 Å². The molecule has 1 atom stereocenters. The fourth-order valence-corrected chi connectivity index (χ4v) is 1.71. The lowest BCUT2D eigenvalue weighted by atomic mass is 10.3. The molecule has 3 aromatic rings. The number of imidazole rings is 1. The van der Waals surface area contributed by atoms with Crippen LogP contribution in [0.4, 0.5) is 0 Å². The van der Waals surface area contributed by atoms with Crippen molar-refractivity contribution in [2.24, 2.45) is 0 Å². The number of aromatic amines is 1. The number of fused-ring (bicyclic) bond motifs is 1. The number of nitrogens with zero attached hydrogens (tertiary/aromatic N) is 4. The van der Waals surface area contributed by atoms with Crippen LogP contribution < -0.4 is 0 Å². The summed E-state index contributed by atoms with van der Waals surface area (Å²) in [4.78, 5) is 11.7. The minimum Gasteiger partial charge on any atom is -0.340 e. The number of benzene rings is 1. The van der Waals surface area contributed by atoms with Crippen LogP contribution in [0.25, 0.3) is 11.0 Å². The van der Waals surface area contributed by atoms with Crippen LogP contribution in [-0.2, 0) is 0 Å². The molecular formula is C11H11N5. The molecule has 0 spiro atoms. The van der Waals surface area contributed by atoms with Crippen molar-refractivity contribution in [3.8, 4) is 0 Å². The molecule has 0 saturated heterocycles. The summed E-state index contributed by atoms with van der Waals surface area (Å²) in [5, 5.41) is 4.11. The predicted octanol–water partition coefficient (Wildman–Crippen LogP) is 1.76. The lowest BCUT2D eigenvalue weighted by Crippen LogP contribution is -2.08. The summed E-state index contributed by atoms with van der Waals surface area (Å²) >= 11 is 0. The number of nitrogens with one attached hydrogen (secondary N) is 1. The molecule has 0 bridgehead atoms. The van der Waals surface area contributed by atoms with Gasteiger partial charge in [0.15, 0.2) is 0 Å². The molecule has 2 heterocycles. The fourth-order valence-electron chi connectivity index (χ4n) is 1.71. The number of para-hydroxylation sites is 2. The van der Waals surface area contributed by atoms with Gasteiger partial charge in [-0.3, -0.25) is 0 Å². The van der Waals surface area contributed by atoms with Gasteiger partial charge in [0.1, 0.15) is 24.5 Å². The van der Waals surface area contributed by atoms with E-state index in [4.69, 9.17) is 0 Å². The zero-order valence-corrected chi connectivity index (χ0v) is 8.83. The number of H-pyrrole nitrogens is 1. The molecule has 1 aromatic carbocycles. The van der Waals surface area contributed by atoms with Gasteiger partial charge in [-0.05, 0) is 19.1 Å². The normalized spacial score (nSPS) is 13.1. The van der Waals surface area contributed by atoms with Crippen molar-refractivity contribution in [3.05, 3.63) is 42.7 Å². The minimum atomic E-state index is 0.0647. The zero-order valence-electron chi connectivity index (χ0n) is 8.83. The molecule has 3 rings (SSSR count). The second-order valence-electron chi connectivity index (χ2n) is 3.69. The summed E-state index contributed by atoms with van der Waals surface area (Å²) in [6.45, 7) is 2.03. The van der Waals surface area contributed by atoms with Crippen LogP contribution in [0, 0.1) is 0 Å². The molecule has 1 N–H and O–H groups in total. The first-order valence-corrected chi connectivity index (χ1v) is 5.13. The van der Waals surface area contributed by atoms with Crippen LogP contribution in [0.3, 0.4) is 0 Å². The highest BCUT2D eigenvalue weighted by Gasteiger charge is 2.12. The van der Waals surface area contributed by atoms with E-state index < -0.39 is 0 Å². The predicted molar refractivity (Wildman–Crippen MR) is 59.9 cm³/mol. The van der Waals surface area contributed by atoms with Gasteiger partial charge < -0.3 is 4.98 Å². The Labute approximate surface area is 92.2 Å². The highest BCUT2D eigenvalue weighted by molar-refractivity contribution is 5.74. The summed E-state index contributed by atoms with van der Waals surface area (Å²) in [6.07, 6.45) is 3.22. The molecule has 0 amide bonds. The second-order valence-corrected chi connectivity index (χ2v) is 3.69. The molecule has 2 aromatic heterocycles. The molecule has 0 fully saturated rings. The zero-order chi connectivity index (χ0) is 11.0. The molecule has 5 heteroatoms. The van der Waals surface area contributed by atoms with Crippen LogP contribution >= 0.6 is 0 Å². The Hall–Kier alpha value is -2.17. The van der Waals surface area contributed by atoms with Gasteiger partial charge in [0.2, 0.25) is 0 Å². The van der Waals surface area contributed by atoms with Crippen molar-refractivity contribution < 1.29 is 0 Å². The number of hydrogen-bond donors (Lipinski definition) is 1. The highest BCUT2D eigenvalue weighted by atomic mass is 15.3. The average molecular weight is 213 g/mol. The van der Waals surface area contributed by atoms with E-state index in [1.807, 2.05) is 31.2 Å². The summed E-state index contributed by atoms with van der Waals surface area (Å²) in [5.74, 6) is 0.895. The van der Waals surface area contributed by atoms with Gasteiger partial charge in [-0.2, -0.15) is 5.10 Å². The first kappa shape index (κ1) is 9.08. The minimum absolute atomic E-state index is 0.0647. The van der Waals surface area contributed by atoms with E-state index in [9.17, 15) is 0 Å². The number of rotatable bonds is 2.